The van der Waals surface area contributed by atoms with Gasteiger partial charge < -0.3 is 0 Å². The molecule has 2 saturated carbocycles. The first-order valence-electron chi connectivity index (χ1n) is 5.74. The van der Waals surface area contributed by atoms with E-state index >= 15 is 0 Å². The molecular formula is C11H16O5S. The van der Waals surface area contributed by atoms with Crippen molar-refractivity contribution < 1.29 is 21.6 Å². The second-order valence-electron chi connectivity index (χ2n) is 6.31. The van der Waals surface area contributed by atoms with Crippen molar-refractivity contribution in [1.29, 1.82) is 0 Å². The number of carbonyl (C=O) groups is 1. The van der Waals surface area contributed by atoms with Crippen molar-refractivity contribution in [3.8, 4) is 0 Å². The Hall–Kier alpha value is -0.460. The van der Waals surface area contributed by atoms with Gasteiger partial charge in [0.25, 0.3) is 5.79 Å². The number of Topliss-reactive ketones (excluding diaryl/α,β-unsaturated/α-hetero) is 1. The van der Waals surface area contributed by atoms with E-state index in [9.17, 15) is 13.2 Å². The third-order valence-electron chi connectivity index (χ3n) is 5.85. The molecule has 2 unspecified atom stereocenters. The molecule has 3 aliphatic rings. The maximum absolute atomic E-state index is 12.5. The van der Waals surface area contributed by atoms with E-state index < -0.39 is 27.0 Å². The lowest BCUT2D eigenvalue weighted by molar-refractivity contribution is -0.245. The fourth-order valence-corrected chi connectivity index (χ4v) is 4.98. The predicted molar refractivity (Wildman–Crippen MR) is 58.1 cm³/mol. The Balaban J connectivity index is 2.21. The zero-order chi connectivity index (χ0) is 12.9. The zero-order valence-electron chi connectivity index (χ0n) is 10.4. The van der Waals surface area contributed by atoms with Crippen LogP contribution in [0, 0.1) is 16.2 Å². The first-order chi connectivity index (χ1) is 7.53. The summed E-state index contributed by atoms with van der Waals surface area (Å²) in [6.07, 6.45) is 1.49. The van der Waals surface area contributed by atoms with Gasteiger partial charge in [-0.05, 0) is 18.3 Å². The number of carbonyl (C=O) groups excluding carboxylic acids is 1. The van der Waals surface area contributed by atoms with Crippen molar-refractivity contribution in [3.63, 3.8) is 0 Å². The zero-order valence-corrected chi connectivity index (χ0v) is 11.2. The fourth-order valence-electron chi connectivity index (χ4n) is 3.87. The minimum absolute atomic E-state index is 0.224. The Kier molecular flexibility index (Phi) is 1.68. The maximum Gasteiger partial charge on any atom is 0.406 e. The van der Waals surface area contributed by atoms with Crippen LogP contribution in [0.15, 0.2) is 0 Å². The van der Waals surface area contributed by atoms with Gasteiger partial charge in [-0.1, -0.05) is 27.7 Å². The summed E-state index contributed by atoms with van der Waals surface area (Å²) in [5, 5.41) is 0. The Morgan fingerprint density at radius 2 is 1.59 bits per heavy atom. The highest BCUT2D eigenvalue weighted by Gasteiger charge is 2.86. The topological polar surface area (TPSA) is 69.7 Å². The Morgan fingerprint density at radius 1 is 1.06 bits per heavy atom. The molecular weight excluding hydrogens is 244 g/mol. The van der Waals surface area contributed by atoms with Gasteiger partial charge in [-0.3, -0.25) is 4.79 Å². The molecule has 1 aliphatic heterocycles. The van der Waals surface area contributed by atoms with Gasteiger partial charge in [0.15, 0.2) is 0 Å². The quantitative estimate of drug-likeness (QED) is 0.658. The van der Waals surface area contributed by atoms with E-state index in [1.807, 2.05) is 27.7 Å². The largest absolute Gasteiger partial charge is 0.406 e. The lowest BCUT2D eigenvalue weighted by Gasteiger charge is -2.48. The molecule has 3 fully saturated rings. The molecule has 0 aromatic rings. The average molecular weight is 260 g/mol. The molecule has 6 heteroatoms. The highest BCUT2D eigenvalue weighted by molar-refractivity contribution is 7.83. The van der Waals surface area contributed by atoms with Crippen LogP contribution < -0.4 is 0 Å². The summed E-state index contributed by atoms with van der Waals surface area (Å²) in [6.45, 7) is 7.75. The van der Waals surface area contributed by atoms with E-state index in [0.29, 0.717) is 0 Å². The van der Waals surface area contributed by atoms with Crippen LogP contribution in [0.5, 0.6) is 0 Å². The second-order valence-corrected chi connectivity index (χ2v) is 7.46. The van der Waals surface area contributed by atoms with Crippen LogP contribution >= 0.6 is 0 Å². The molecule has 3 rings (SSSR count). The van der Waals surface area contributed by atoms with E-state index in [2.05, 4.69) is 0 Å². The van der Waals surface area contributed by atoms with Crippen molar-refractivity contribution in [1.82, 2.24) is 0 Å². The summed E-state index contributed by atoms with van der Waals surface area (Å²) >= 11 is 0. The maximum atomic E-state index is 12.5. The van der Waals surface area contributed by atoms with Crippen LogP contribution in [-0.4, -0.2) is 20.0 Å². The number of ketones is 1. The van der Waals surface area contributed by atoms with Gasteiger partial charge >= 0.3 is 10.4 Å². The van der Waals surface area contributed by atoms with Crippen LogP contribution in [0.1, 0.15) is 40.5 Å². The molecule has 0 aromatic heterocycles. The second kappa shape index (κ2) is 2.46. The molecule has 2 atom stereocenters. The number of rotatable bonds is 0. The lowest BCUT2D eigenvalue weighted by Crippen LogP contribution is -2.64. The van der Waals surface area contributed by atoms with Crippen molar-refractivity contribution in [2.75, 3.05) is 0 Å². The van der Waals surface area contributed by atoms with Crippen LogP contribution in [0.3, 0.4) is 0 Å². The number of hydrogen-bond donors (Lipinski definition) is 0. The van der Waals surface area contributed by atoms with E-state index in [0.717, 1.165) is 12.8 Å². The molecule has 2 aliphatic carbocycles. The molecule has 5 nitrogen and oxygen atoms in total. The van der Waals surface area contributed by atoms with Gasteiger partial charge in [-0.2, -0.15) is 8.42 Å². The van der Waals surface area contributed by atoms with Crippen LogP contribution in [0.4, 0.5) is 0 Å². The molecule has 1 heterocycles. The minimum atomic E-state index is -3.96. The lowest BCUT2D eigenvalue weighted by atomic mass is 9.65. The molecule has 17 heavy (non-hydrogen) atoms. The number of hydrogen-bond acceptors (Lipinski definition) is 5. The standard InChI is InChI=1S/C11H16O5S/c1-8(2)9(3)5-6-10(8,4)11(7(9)12)15-17(13,14)16-11/h5-6H2,1-4H3. The minimum Gasteiger partial charge on any atom is -0.293 e. The smallest absolute Gasteiger partial charge is 0.293 e. The summed E-state index contributed by atoms with van der Waals surface area (Å²) in [5.74, 6) is -1.79. The molecule has 1 spiro atoms. The highest BCUT2D eigenvalue weighted by Crippen LogP contribution is 2.76. The molecule has 0 N–H and O–H groups in total. The van der Waals surface area contributed by atoms with Crippen molar-refractivity contribution >= 4 is 16.2 Å². The molecule has 96 valence electrons. The summed E-state index contributed by atoms with van der Waals surface area (Å²) in [5.41, 5.74) is -1.50. The van der Waals surface area contributed by atoms with Gasteiger partial charge in [0.2, 0.25) is 5.78 Å². The van der Waals surface area contributed by atoms with Gasteiger partial charge in [0, 0.05) is 10.8 Å². The van der Waals surface area contributed by atoms with Crippen LogP contribution in [0.25, 0.3) is 0 Å². The Morgan fingerprint density at radius 3 is 1.94 bits per heavy atom. The molecule has 0 amide bonds. The molecule has 0 aromatic carbocycles. The van der Waals surface area contributed by atoms with Crippen LogP contribution in [-0.2, 0) is 23.6 Å². The third kappa shape index (κ3) is 0.860. The van der Waals surface area contributed by atoms with Crippen molar-refractivity contribution in [2.24, 2.45) is 16.2 Å². The first-order valence-corrected chi connectivity index (χ1v) is 7.07. The fraction of sp³-hybridized carbons (Fsp3) is 0.909. The summed E-state index contributed by atoms with van der Waals surface area (Å²) < 4.78 is 32.1. The highest BCUT2D eigenvalue weighted by atomic mass is 32.3. The molecule has 1 saturated heterocycles. The SMILES string of the molecule is CC12CCC(C)(C3(OS(=O)(=O)O3)C1=O)C2(C)C. The molecule has 0 radical (unpaired) electrons. The summed E-state index contributed by atoms with van der Waals surface area (Å²) in [6, 6.07) is 0. The van der Waals surface area contributed by atoms with Gasteiger partial charge in [-0.15, -0.1) is 0 Å². The monoisotopic (exact) mass is 260 g/mol. The average Bonchev–Trinajstić information content (AvgIpc) is 2.38. The van der Waals surface area contributed by atoms with Gasteiger partial charge in [0.05, 0.1) is 0 Å². The van der Waals surface area contributed by atoms with Crippen LogP contribution in [0.2, 0.25) is 0 Å². The Labute approximate surface area is 101 Å². The van der Waals surface area contributed by atoms with Crippen molar-refractivity contribution in [2.45, 2.75) is 46.3 Å². The third-order valence-corrected chi connectivity index (χ3v) is 6.73. The van der Waals surface area contributed by atoms with E-state index in [-0.39, 0.29) is 11.2 Å². The van der Waals surface area contributed by atoms with E-state index in [1.54, 1.807) is 0 Å². The van der Waals surface area contributed by atoms with Crippen molar-refractivity contribution in [3.05, 3.63) is 0 Å². The normalized spacial score (nSPS) is 48.4. The predicted octanol–water partition coefficient (Wildman–Crippen LogP) is 1.39. The number of fused-ring (bicyclic) bond motifs is 3. The van der Waals surface area contributed by atoms with E-state index in [4.69, 9.17) is 8.37 Å². The van der Waals surface area contributed by atoms with E-state index in [1.165, 1.54) is 0 Å². The summed E-state index contributed by atoms with van der Waals surface area (Å²) in [4.78, 5) is 12.5. The Bertz CT molecular complexity index is 522. The molecule has 2 bridgehead atoms. The van der Waals surface area contributed by atoms with Gasteiger partial charge in [0.1, 0.15) is 0 Å². The van der Waals surface area contributed by atoms with Gasteiger partial charge in [-0.25, -0.2) is 8.37 Å². The summed E-state index contributed by atoms with van der Waals surface area (Å²) in [7, 11) is -3.96. The first kappa shape index (κ1) is 11.6.